The second kappa shape index (κ2) is 9.83. The number of nitrogens with zero attached hydrogens (tertiary/aromatic N) is 3. The molecule has 0 spiro atoms. The fourth-order valence-corrected chi connectivity index (χ4v) is 4.08. The van der Waals surface area contributed by atoms with Crippen molar-refractivity contribution in [3.05, 3.63) is 53.1 Å². The average Bonchev–Trinajstić information content (AvgIpc) is 3.16. The van der Waals surface area contributed by atoms with Crippen LogP contribution in [0.25, 0.3) is 11.4 Å². The number of hydrogen-bond donors (Lipinski definition) is 1. The van der Waals surface area contributed by atoms with Crippen LogP contribution in [-0.4, -0.2) is 33.0 Å². The van der Waals surface area contributed by atoms with Crippen LogP contribution in [0, 0.1) is 0 Å². The molecule has 0 aliphatic rings. The number of carbonyl (C=O) groups is 1. The van der Waals surface area contributed by atoms with Crippen molar-refractivity contribution in [3.63, 3.8) is 0 Å². The molecule has 1 aromatic heterocycles. The van der Waals surface area contributed by atoms with Gasteiger partial charge in [0.05, 0.1) is 29.2 Å². The summed E-state index contributed by atoms with van der Waals surface area (Å²) in [6.45, 7) is 4.01. The lowest BCUT2D eigenvalue weighted by Gasteiger charge is -2.17. The average molecular weight is 485 g/mol. The van der Waals surface area contributed by atoms with Gasteiger partial charge in [-0.1, -0.05) is 35.5 Å². The summed E-state index contributed by atoms with van der Waals surface area (Å²) >= 11 is 6.79. The van der Waals surface area contributed by atoms with Gasteiger partial charge in [0.1, 0.15) is 5.75 Å². The number of hydrogen-bond acceptors (Lipinski definition) is 5. The number of anilines is 1. The van der Waals surface area contributed by atoms with E-state index < -0.39 is 22.9 Å². The Bertz CT molecular complexity index is 1120. The van der Waals surface area contributed by atoms with Crippen LogP contribution in [0.2, 0.25) is 5.02 Å². The Kier molecular flexibility index (Phi) is 7.35. The molecule has 0 bridgehead atoms. The molecule has 32 heavy (non-hydrogen) atoms. The third kappa shape index (κ3) is 5.18. The van der Waals surface area contributed by atoms with Crippen molar-refractivity contribution >= 4 is 35.0 Å². The molecular formula is C21H20ClF3N4O2S. The SMILES string of the molecule is CCn1c(SC(C)C(=O)Nc2ccc(Cl)cc2C(F)(F)F)nnc1-c1ccccc1OC. The number of para-hydroxylation sites is 1. The van der Waals surface area contributed by atoms with E-state index in [9.17, 15) is 18.0 Å². The van der Waals surface area contributed by atoms with Crippen molar-refractivity contribution in [1.82, 2.24) is 14.8 Å². The molecule has 0 aliphatic carbocycles. The molecule has 1 unspecified atom stereocenters. The maximum atomic E-state index is 13.3. The smallest absolute Gasteiger partial charge is 0.418 e. The minimum atomic E-state index is -4.66. The number of aromatic nitrogens is 3. The van der Waals surface area contributed by atoms with E-state index in [4.69, 9.17) is 16.3 Å². The van der Waals surface area contributed by atoms with Gasteiger partial charge in [-0.3, -0.25) is 4.79 Å². The van der Waals surface area contributed by atoms with Crippen LogP contribution in [0.1, 0.15) is 19.4 Å². The van der Waals surface area contributed by atoms with Crippen LogP contribution in [0.5, 0.6) is 5.75 Å². The highest BCUT2D eigenvalue weighted by atomic mass is 35.5. The maximum absolute atomic E-state index is 13.3. The lowest BCUT2D eigenvalue weighted by atomic mass is 10.1. The van der Waals surface area contributed by atoms with Gasteiger partial charge in [0, 0.05) is 11.6 Å². The Hall–Kier alpha value is -2.72. The summed E-state index contributed by atoms with van der Waals surface area (Å²) in [5, 5.41) is 10.4. The van der Waals surface area contributed by atoms with E-state index in [0.29, 0.717) is 23.3 Å². The van der Waals surface area contributed by atoms with Crippen LogP contribution >= 0.6 is 23.4 Å². The second-order valence-corrected chi connectivity index (χ2v) is 8.43. The molecule has 11 heteroatoms. The van der Waals surface area contributed by atoms with E-state index >= 15 is 0 Å². The van der Waals surface area contributed by atoms with Gasteiger partial charge in [0.2, 0.25) is 5.91 Å². The van der Waals surface area contributed by atoms with E-state index in [2.05, 4.69) is 15.5 Å². The van der Waals surface area contributed by atoms with Gasteiger partial charge >= 0.3 is 6.18 Å². The number of thioether (sulfide) groups is 1. The Labute approximate surface area is 192 Å². The first-order valence-corrected chi connectivity index (χ1v) is 10.8. The predicted molar refractivity (Wildman–Crippen MR) is 118 cm³/mol. The molecule has 170 valence electrons. The highest BCUT2D eigenvalue weighted by molar-refractivity contribution is 8.00. The number of nitrogens with one attached hydrogen (secondary N) is 1. The number of carbonyl (C=O) groups excluding carboxylic acids is 1. The molecule has 6 nitrogen and oxygen atoms in total. The van der Waals surface area contributed by atoms with Gasteiger partial charge in [-0.25, -0.2) is 0 Å². The third-order valence-corrected chi connectivity index (χ3v) is 5.89. The quantitative estimate of drug-likeness (QED) is 0.431. The number of halogens is 4. The zero-order chi connectivity index (χ0) is 23.5. The van der Waals surface area contributed by atoms with Gasteiger partial charge in [0.15, 0.2) is 11.0 Å². The fraction of sp³-hybridized carbons (Fsp3) is 0.286. The van der Waals surface area contributed by atoms with Gasteiger partial charge in [-0.15, -0.1) is 10.2 Å². The van der Waals surface area contributed by atoms with Gasteiger partial charge < -0.3 is 14.6 Å². The summed E-state index contributed by atoms with van der Waals surface area (Å²) in [6.07, 6.45) is -4.66. The van der Waals surface area contributed by atoms with Gasteiger partial charge in [-0.2, -0.15) is 13.2 Å². The summed E-state index contributed by atoms with van der Waals surface area (Å²) in [7, 11) is 1.56. The first-order chi connectivity index (χ1) is 15.2. The van der Waals surface area contributed by atoms with E-state index in [1.807, 2.05) is 29.7 Å². The molecule has 0 radical (unpaired) electrons. The zero-order valence-electron chi connectivity index (χ0n) is 17.4. The minimum absolute atomic E-state index is 0.0716. The van der Waals surface area contributed by atoms with Gasteiger partial charge in [-0.05, 0) is 44.2 Å². The lowest BCUT2D eigenvalue weighted by Crippen LogP contribution is -2.24. The molecule has 1 atom stereocenters. The van der Waals surface area contributed by atoms with E-state index in [1.165, 1.54) is 6.07 Å². The van der Waals surface area contributed by atoms with Crippen molar-refractivity contribution in [2.24, 2.45) is 0 Å². The predicted octanol–water partition coefficient (Wildman–Crippen LogP) is 5.77. The van der Waals surface area contributed by atoms with E-state index in [-0.39, 0.29) is 10.7 Å². The summed E-state index contributed by atoms with van der Waals surface area (Å²) in [5.41, 5.74) is -0.624. The Morgan fingerprint density at radius 3 is 2.62 bits per heavy atom. The molecule has 0 saturated heterocycles. The standard InChI is InChI=1S/C21H20ClF3N4O2S/c1-4-29-18(14-7-5-6-8-17(14)31-3)27-28-20(29)32-12(2)19(30)26-16-10-9-13(22)11-15(16)21(23,24)25/h5-12H,4H2,1-3H3,(H,26,30). The fourth-order valence-electron chi connectivity index (χ4n) is 3.00. The zero-order valence-corrected chi connectivity index (χ0v) is 19.0. The molecular weight excluding hydrogens is 465 g/mol. The monoisotopic (exact) mass is 484 g/mol. The van der Waals surface area contributed by atoms with Crippen molar-refractivity contribution < 1.29 is 22.7 Å². The van der Waals surface area contributed by atoms with Crippen molar-refractivity contribution in [3.8, 4) is 17.1 Å². The molecule has 0 aliphatic heterocycles. The number of benzene rings is 2. The summed E-state index contributed by atoms with van der Waals surface area (Å²) in [4.78, 5) is 12.6. The van der Waals surface area contributed by atoms with Gasteiger partial charge in [0.25, 0.3) is 0 Å². The van der Waals surface area contributed by atoms with E-state index in [0.717, 1.165) is 29.5 Å². The number of amides is 1. The minimum Gasteiger partial charge on any atom is -0.496 e. The highest BCUT2D eigenvalue weighted by Gasteiger charge is 2.34. The summed E-state index contributed by atoms with van der Waals surface area (Å²) < 4.78 is 47.1. The van der Waals surface area contributed by atoms with Crippen LogP contribution in [0.4, 0.5) is 18.9 Å². The van der Waals surface area contributed by atoms with Crippen LogP contribution < -0.4 is 10.1 Å². The van der Waals surface area contributed by atoms with Crippen molar-refractivity contribution in [2.45, 2.75) is 37.0 Å². The number of methoxy groups -OCH3 is 1. The van der Waals surface area contributed by atoms with Crippen LogP contribution in [-0.2, 0) is 17.5 Å². The molecule has 0 saturated carbocycles. The molecule has 1 heterocycles. The second-order valence-electron chi connectivity index (χ2n) is 6.69. The first kappa shape index (κ1) is 23.9. The number of alkyl halides is 3. The molecule has 3 aromatic rings. The number of rotatable bonds is 7. The van der Waals surface area contributed by atoms with Crippen molar-refractivity contribution in [1.29, 1.82) is 0 Å². The molecule has 3 rings (SSSR count). The Morgan fingerprint density at radius 2 is 1.97 bits per heavy atom. The lowest BCUT2D eigenvalue weighted by molar-refractivity contribution is -0.137. The molecule has 1 N–H and O–H groups in total. The summed E-state index contributed by atoms with van der Waals surface area (Å²) in [6, 6.07) is 10.5. The maximum Gasteiger partial charge on any atom is 0.418 e. The first-order valence-electron chi connectivity index (χ1n) is 9.56. The molecule has 2 aromatic carbocycles. The molecule has 0 fully saturated rings. The van der Waals surface area contributed by atoms with E-state index in [1.54, 1.807) is 20.1 Å². The third-order valence-electron chi connectivity index (χ3n) is 4.58. The normalized spacial score (nSPS) is 12.5. The highest BCUT2D eigenvalue weighted by Crippen LogP contribution is 2.37. The number of ether oxygens (including phenoxy) is 1. The van der Waals surface area contributed by atoms with Crippen LogP contribution in [0.15, 0.2) is 47.6 Å². The van der Waals surface area contributed by atoms with Crippen molar-refractivity contribution in [2.75, 3.05) is 12.4 Å². The summed E-state index contributed by atoms with van der Waals surface area (Å²) in [5.74, 6) is 0.587. The topological polar surface area (TPSA) is 69.0 Å². The Morgan fingerprint density at radius 1 is 1.25 bits per heavy atom. The largest absolute Gasteiger partial charge is 0.496 e. The van der Waals surface area contributed by atoms with Crippen LogP contribution in [0.3, 0.4) is 0 Å². The Balaban J connectivity index is 1.82. The molecule has 1 amide bonds.